The summed E-state index contributed by atoms with van der Waals surface area (Å²) in [7, 11) is -3.41. The number of hydrogen-bond acceptors (Lipinski definition) is 6. The van der Waals surface area contributed by atoms with Crippen molar-refractivity contribution in [3.05, 3.63) is 52.5 Å². The van der Waals surface area contributed by atoms with Gasteiger partial charge in [-0.15, -0.1) is 0 Å². The van der Waals surface area contributed by atoms with Crippen LogP contribution in [-0.2, 0) is 16.6 Å². The van der Waals surface area contributed by atoms with Crippen molar-refractivity contribution in [2.24, 2.45) is 0 Å². The van der Waals surface area contributed by atoms with Gasteiger partial charge in [0.15, 0.2) is 11.5 Å². The third-order valence-electron chi connectivity index (χ3n) is 5.01. The van der Waals surface area contributed by atoms with Crippen molar-refractivity contribution in [2.75, 3.05) is 43.9 Å². The van der Waals surface area contributed by atoms with Crippen molar-refractivity contribution in [1.82, 2.24) is 9.80 Å². The molecule has 2 aliphatic rings. The van der Waals surface area contributed by atoms with Crippen molar-refractivity contribution >= 4 is 33.2 Å². The maximum Gasteiger partial charge on any atom is 0.255 e. The van der Waals surface area contributed by atoms with E-state index in [9.17, 15) is 13.2 Å². The first-order valence-corrected chi connectivity index (χ1v) is 11.7. The summed E-state index contributed by atoms with van der Waals surface area (Å²) in [4.78, 5) is 16.9. The van der Waals surface area contributed by atoms with Gasteiger partial charge in [-0.2, -0.15) is 0 Å². The average molecular weight is 452 g/mol. The van der Waals surface area contributed by atoms with Gasteiger partial charge in [0, 0.05) is 38.4 Å². The molecule has 0 unspecified atom stereocenters. The average Bonchev–Trinajstić information content (AvgIpc) is 3.15. The number of fused-ring (bicyclic) bond motifs is 1. The summed E-state index contributed by atoms with van der Waals surface area (Å²) in [6.07, 6.45) is 1.06. The van der Waals surface area contributed by atoms with Crippen LogP contribution >= 0.6 is 11.6 Å². The Labute approximate surface area is 180 Å². The number of hydrogen-bond donors (Lipinski definition) is 1. The number of ether oxygens (including phenoxy) is 2. The lowest BCUT2D eigenvalue weighted by atomic mass is 10.1. The number of nitrogens with zero attached hydrogens (tertiary/aromatic N) is 2. The predicted octanol–water partition coefficient (Wildman–Crippen LogP) is 2.40. The molecule has 160 valence electrons. The Morgan fingerprint density at radius 2 is 1.80 bits per heavy atom. The van der Waals surface area contributed by atoms with Gasteiger partial charge in [-0.25, -0.2) is 8.42 Å². The first kappa shape index (κ1) is 20.8. The van der Waals surface area contributed by atoms with Crippen molar-refractivity contribution < 1.29 is 22.7 Å². The van der Waals surface area contributed by atoms with E-state index in [0.717, 1.165) is 43.0 Å². The van der Waals surface area contributed by atoms with Crippen molar-refractivity contribution in [3.63, 3.8) is 0 Å². The maximum absolute atomic E-state index is 12.9. The molecule has 0 spiro atoms. The van der Waals surface area contributed by atoms with Crippen LogP contribution < -0.4 is 14.2 Å². The topological polar surface area (TPSA) is 88.2 Å². The fourth-order valence-electron chi connectivity index (χ4n) is 3.54. The molecule has 1 saturated heterocycles. The summed E-state index contributed by atoms with van der Waals surface area (Å²) < 4.78 is 35.8. The van der Waals surface area contributed by atoms with Crippen LogP contribution in [0.1, 0.15) is 15.9 Å². The molecule has 1 N–H and O–H groups in total. The van der Waals surface area contributed by atoms with Gasteiger partial charge in [0.25, 0.3) is 5.91 Å². The van der Waals surface area contributed by atoms with Crippen LogP contribution in [0.4, 0.5) is 5.69 Å². The van der Waals surface area contributed by atoms with Crippen molar-refractivity contribution in [1.29, 1.82) is 0 Å². The molecule has 2 heterocycles. The normalized spacial score (nSPS) is 16.5. The fourth-order valence-corrected chi connectivity index (χ4v) is 4.36. The Morgan fingerprint density at radius 1 is 1.07 bits per heavy atom. The van der Waals surface area contributed by atoms with E-state index in [1.165, 1.54) is 12.1 Å². The highest BCUT2D eigenvalue weighted by atomic mass is 35.5. The van der Waals surface area contributed by atoms with Gasteiger partial charge in [-0.1, -0.05) is 17.7 Å². The molecule has 0 atom stereocenters. The summed E-state index contributed by atoms with van der Waals surface area (Å²) in [6.45, 7) is 3.68. The highest BCUT2D eigenvalue weighted by Gasteiger charge is 2.24. The molecule has 2 aromatic rings. The number of benzene rings is 2. The van der Waals surface area contributed by atoms with Gasteiger partial charge in [0.05, 0.1) is 16.8 Å². The smallest absolute Gasteiger partial charge is 0.255 e. The van der Waals surface area contributed by atoms with E-state index in [1.807, 2.05) is 18.2 Å². The Kier molecular flexibility index (Phi) is 5.77. The summed E-state index contributed by atoms with van der Waals surface area (Å²) >= 11 is 6.24. The quantitative estimate of drug-likeness (QED) is 0.751. The lowest BCUT2D eigenvalue weighted by Crippen LogP contribution is -2.48. The van der Waals surface area contributed by atoms with E-state index < -0.39 is 10.0 Å². The zero-order chi connectivity index (χ0) is 21.3. The van der Waals surface area contributed by atoms with Crippen LogP contribution in [0.2, 0.25) is 5.02 Å². The predicted molar refractivity (Wildman–Crippen MR) is 114 cm³/mol. The third-order valence-corrected chi connectivity index (χ3v) is 5.92. The van der Waals surface area contributed by atoms with Crippen LogP contribution in [0.5, 0.6) is 11.5 Å². The van der Waals surface area contributed by atoms with Gasteiger partial charge in [0.1, 0.15) is 0 Å². The fraction of sp³-hybridized carbons (Fsp3) is 0.350. The molecule has 2 aromatic carbocycles. The van der Waals surface area contributed by atoms with Gasteiger partial charge in [-0.3, -0.25) is 14.4 Å². The number of anilines is 1. The first-order valence-electron chi connectivity index (χ1n) is 9.46. The zero-order valence-corrected chi connectivity index (χ0v) is 18.0. The zero-order valence-electron chi connectivity index (χ0n) is 16.4. The molecule has 0 radical (unpaired) electrons. The summed E-state index contributed by atoms with van der Waals surface area (Å²) in [6, 6.07) is 10.5. The Bertz CT molecular complexity index is 1070. The number of carbonyl (C=O) groups is 1. The van der Waals surface area contributed by atoms with Crippen LogP contribution in [0.3, 0.4) is 0 Å². The first-order chi connectivity index (χ1) is 14.3. The summed E-state index contributed by atoms with van der Waals surface area (Å²) in [5.41, 5.74) is 1.82. The van der Waals surface area contributed by atoms with Crippen molar-refractivity contribution in [2.45, 2.75) is 6.54 Å². The monoisotopic (exact) mass is 451 g/mol. The number of amides is 1. The maximum atomic E-state index is 12.9. The van der Waals surface area contributed by atoms with E-state index in [2.05, 4.69) is 9.62 Å². The molecule has 8 nitrogen and oxygen atoms in total. The molecule has 0 aliphatic carbocycles. The number of nitrogens with one attached hydrogen (secondary N) is 1. The lowest BCUT2D eigenvalue weighted by Gasteiger charge is -2.35. The number of carbonyl (C=O) groups excluding carboxylic acids is 1. The van der Waals surface area contributed by atoms with Crippen LogP contribution in [-0.4, -0.2) is 63.4 Å². The second kappa shape index (κ2) is 8.33. The van der Waals surface area contributed by atoms with Gasteiger partial charge >= 0.3 is 0 Å². The Hall–Kier alpha value is -2.49. The second-order valence-electron chi connectivity index (χ2n) is 7.32. The van der Waals surface area contributed by atoms with E-state index in [0.29, 0.717) is 24.3 Å². The molecule has 4 rings (SSSR count). The number of halogens is 1. The van der Waals surface area contributed by atoms with E-state index in [4.69, 9.17) is 21.1 Å². The minimum Gasteiger partial charge on any atom is -0.454 e. The molecular formula is C20H22ClN3O5S. The van der Waals surface area contributed by atoms with Gasteiger partial charge in [-0.05, 0) is 35.9 Å². The van der Waals surface area contributed by atoms with Gasteiger partial charge < -0.3 is 14.4 Å². The Balaban J connectivity index is 1.35. The molecule has 30 heavy (non-hydrogen) atoms. The third kappa shape index (κ3) is 4.80. The van der Waals surface area contributed by atoms with Crippen LogP contribution in [0.15, 0.2) is 36.4 Å². The van der Waals surface area contributed by atoms with Gasteiger partial charge in [0.2, 0.25) is 16.8 Å². The van der Waals surface area contributed by atoms with Crippen LogP contribution in [0, 0.1) is 0 Å². The molecule has 0 aromatic heterocycles. The second-order valence-corrected chi connectivity index (χ2v) is 9.48. The number of piperazine rings is 1. The highest BCUT2D eigenvalue weighted by Crippen LogP contribution is 2.33. The van der Waals surface area contributed by atoms with Crippen LogP contribution in [0.25, 0.3) is 0 Å². The van der Waals surface area contributed by atoms with E-state index >= 15 is 0 Å². The van der Waals surface area contributed by atoms with E-state index in [1.54, 1.807) is 11.0 Å². The standard InChI is InChI=1S/C20H22ClN3O5S/c1-30(26,27)22-15-3-4-16(17(21)11-15)20(25)24-8-6-23(7-9-24)12-14-2-5-18-19(10-14)29-13-28-18/h2-5,10-11,22H,6-9,12-13H2,1H3. The van der Waals surface area contributed by atoms with Crippen molar-refractivity contribution in [3.8, 4) is 11.5 Å². The molecule has 0 bridgehead atoms. The molecule has 2 aliphatic heterocycles. The number of sulfonamides is 1. The minimum atomic E-state index is -3.41. The molecular weight excluding hydrogens is 430 g/mol. The molecule has 0 saturated carbocycles. The molecule has 1 fully saturated rings. The summed E-state index contributed by atoms with van der Waals surface area (Å²) in [5, 5.41) is 0.219. The molecule has 10 heteroatoms. The Morgan fingerprint density at radius 3 is 2.50 bits per heavy atom. The number of rotatable bonds is 5. The minimum absolute atomic E-state index is 0.159. The largest absolute Gasteiger partial charge is 0.454 e. The lowest BCUT2D eigenvalue weighted by molar-refractivity contribution is 0.0628. The van der Waals surface area contributed by atoms with E-state index in [-0.39, 0.29) is 17.7 Å². The molecule has 1 amide bonds. The SMILES string of the molecule is CS(=O)(=O)Nc1ccc(C(=O)N2CCN(Cc3ccc4c(c3)OCO4)CC2)c(Cl)c1. The highest BCUT2D eigenvalue weighted by molar-refractivity contribution is 7.92. The summed E-state index contributed by atoms with van der Waals surface area (Å²) in [5.74, 6) is 1.38.